The maximum Gasteiger partial charge on any atom is 0.0273 e. The van der Waals surface area contributed by atoms with Gasteiger partial charge in [-0.15, -0.1) is 0 Å². The zero-order valence-corrected chi connectivity index (χ0v) is 13.3. The summed E-state index contributed by atoms with van der Waals surface area (Å²) in [6, 6.07) is 12.0. The maximum absolute atomic E-state index is 3.96. The van der Waals surface area contributed by atoms with Gasteiger partial charge in [-0.2, -0.15) is 0 Å². The Morgan fingerprint density at radius 3 is 1.14 bits per heavy atom. The van der Waals surface area contributed by atoms with E-state index >= 15 is 0 Å². The Labute approximate surface area is 132 Å². The molecule has 0 aromatic carbocycles. The van der Waals surface area contributed by atoms with Gasteiger partial charge in [-0.1, -0.05) is 20.8 Å². The Hall–Kier alpha value is -2.55. The molecule has 3 aromatic heterocycles. The van der Waals surface area contributed by atoms with Crippen molar-refractivity contribution in [1.82, 2.24) is 15.0 Å². The third-order valence-electron chi connectivity index (χ3n) is 3.24. The van der Waals surface area contributed by atoms with Gasteiger partial charge in [0.2, 0.25) is 0 Å². The van der Waals surface area contributed by atoms with Gasteiger partial charge in [0.25, 0.3) is 0 Å². The molecular weight excluding hydrogens is 270 g/mol. The smallest absolute Gasteiger partial charge is 0.0273 e. The third-order valence-corrected chi connectivity index (χ3v) is 3.24. The van der Waals surface area contributed by atoms with Crippen LogP contribution in [0.2, 0.25) is 0 Å². The predicted molar refractivity (Wildman–Crippen MR) is 90.4 cm³/mol. The number of hydrogen-bond donors (Lipinski definition) is 0. The van der Waals surface area contributed by atoms with Crippen LogP contribution in [0.3, 0.4) is 0 Å². The summed E-state index contributed by atoms with van der Waals surface area (Å²) in [6.07, 6.45) is 10.8. The molecule has 3 rings (SSSR count). The van der Waals surface area contributed by atoms with Crippen molar-refractivity contribution in [3.8, 4) is 11.1 Å². The molecular formula is C19H21N3. The standard InChI is InChI=1S/C10H8N2.C9H13N/c1-5-11-6-2-9(1)10-3-7-12-8-4-10;1-9(2,3)8-4-6-10-7-5-8/h1-8H;4-7H,1-3H3. The van der Waals surface area contributed by atoms with E-state index in [0.717, 1.165) is 0 Å². The summed E-state index contributed by atoms with van der Waals surface area (Å²) in [6.45, 7) is 6.59. The minimum absolute atomic E-state index is 0.253. The van der Waals surface area contributed by atoms with E-state index < -0.39 is 0 Å². The molecule has 0 aliphatic rings. The second-order valence-corrected chi connectivity index (χ2v) is 5.96. The lowest BCUT2D eigenvalue weighted by Gasteiger charge is -2.17. The van der Waals surface area contributed by atoms with Gasteiger partial charge in [-0.3, -0.25) is 15.0 Å². The van der Waals surface area contributed by atoms with Crippen molar-refractivity contribution >= 4 is 0 Å². The zero-order valence-electron chi connectivity index (χ0n) is 13.3. The minimum atomic E-state index is 0.253. The van der Waals surface area contributed by atoms with Gasteiger partial charge >= 0.3 is 0 Å². The van der Waals surface area contributed by atoms with Crippen molar-refractivity contribution in [2.45, 2.75) is 26.2 Å². The van der Waals surface area contributed by atoms with Crippen LogP contribution >= 0.6 is 0 Å². The second kappa shape index (κ2) is 7.46. The van der Waals surface area contributed by atoms with Crippen LogP contribution in [0, 0.1) is 0 Å². The van der Waals surface area contributed by atoms with Gasteiger partial charge < -0.3 is 0 Å². The fraction of sp³-hybridized carbons (Fsp3) is 0.211. The zero-order chi connectivity index (χ0) is 15.8. The van der Waals surface area contributed by atoms with E-state index in [-0.39, 0.29) is 5.41 Å². The van der Waals surface area contributed by atoms with E-state index in [9.17, 15) is 0 Å². The van der Waals surface area contributed by atoms with Crippen molar-refractivity contribution in [3.63, 3.8) is 0 Å². The largest absolute Gasteiger partial charge is 0.265 e. The molecule has 0 aliphatic heterocycles. The Bertz CT molecular complexity index is 622. The molecule has 0 fully saturated rings. The number of pyridine rings is 3. The van der Waals surface area contributed by atoms with E-state index in [1.807, 2.05) is 36.7 Å². The van der Waals surface area contributed by atoms with Gasteiger partial charge in [0.1, 0.15) is 0 Å². The summed E-state index contributed by atoms with van der Waals surface area (Å²) in [5.74, 6) is 0. The summed E-state index contributed by atoms with van der Waals surface area (Å²) in [7, 11) is 0. The van der Waals surface area contributed by atoms with E-state index in [1.165, 1.54) is 16.7 Å². The lowest BCUT2D eigenvalue weighted by molar-refractivity contribution is 0.589. The SMILES string of the molecule is CC(C)(C)c1ccncc1.c1cc(-c2ccncc2)ccn1. The molecule has 0 saturated carbocycles. The predicted octanol–water partition coefficient (Wildman–Crippen LogP) is 4.52. The third kappa shape index (κ3) is 4.77. The van der Waals surface area contributed by atoms with Crippen molar-refractivity contribution < 1.29 is 0 Å². The van der Waals surface area contributed by atoms with E-state index in [2.05, 4.69) is 47.9 Å². The fourth-order valence-electron chi connectivity index (χ4n) is 1.94. The number of hydrogen-bond acceptors (Lipinski definition) is 3. The van der Waals surface area contributed by atoms with Crippen molar-refractivity contribution in [1.29, 1.82) is 0 Å². The molecule has 3 aromatic rings. The monoisotopic (exact) mass is 291 g/mol. The number of aromatic nitrogens is 3. The Balaban J connectivity index is 0.000000164. The van der Waals surface area contributed by atoms with Crippen LogP contribution in [0.15, 0.2) is 73.6 Å². The molecule has 0 N–H and O–H groups in total. The van der Waals surface area contributed by atoms with Crippen LogP contribution in [-0.4, -0.2) is 15.0 Å². The highest BCUT2D eigenvalue weighted by atomic mass is 14.6. The first-order chi connectivity index (χ1) is 10.6. The van der Waals surface area contributed by atoms with Gasteiger partial charge in [0.05, 0.1) is 0 Å². The molecule has 0 unspecified atom stereocenters. The van der Waals surface area contributed by atoms with Crippen LogP contribution in [0.25, 0.3) is 11.1 Å². The lowest BCUT2D eigenvalue weighted by atomic mass is 9.88. The summed E-state index contributed by atoms with van der Waals surface area (Å²) >= 11 is 0. The van der Waals surface area contributed by atoms with Crippen LogP contribution in [0.4, 0.5) is 0 Å². The molecule has 0 radical (unpaired) electrons. The van der Waals surface area contributed by atoms with E-state index in [4.69, 9.17) is 0 Å². The van der Waals surface area contributed by atoms with E-state index in [1.54, 1.807) is 24.8 Å². The minimum Gasteiger partial charge on any atom is -0.265 e. The molecule has 112 valence electrons. The van der Waals surface area contributed by atoms with Gasteiger partial charge in [-0.05, 0) is 58.5 Å². The summed E-state index contributed by atoms with van der Waals surface area (Å²) in [4.78, 5) is 11.9. The average Bonchev–Trinajstić information content (AvgIpc) is 2.57. The first-order valence-electron chi connectivity index (χ1n) is 7.28. The highest BCUT2D eigenvalue weighted by Crippen LogP contribution is 2.20. The number of nitrogens with zero attached hydrogens (tertiary/aromatic N) is 3. The summed E-state index contributed by atoms with van der Waals surface area (Å²) in [5.41, 5.74) is 3.94. The van der Waals surface area contributed by atoms with Gasteiger partial charge in [0, 0.05) is 37.2 Å². The number of rotatable bonds is 1. The van der Waals surface area contributed by atoms with Crippen molar-refractivity contribution in [2.75, 3.05) is 0 Å². The Morgan fingerprint density at radius 2 is 0.864 bits per heavy atom. The lowest BCUT2D eigenvalue weighted by Crippen LogP contribution is -2.10. The van der Waals surface area contributed by atoms with Gasteiger partial charge in [0.15, 0.2) is 0 Å². The maximum atomic E-state index is 3.96. The fourth-order valence-corrected chi connectivity index (χ4v) is 1.94. The second-order valence-electron chi connectivity index (χ2n) is 5.96. The quantitative estimate of drug-likeness (QED) is 0.661. The first-order valence-corrected chi connectivity index (χ1v) is 7.28. The van der Waals surface area contributed by atoms with Gasteiger partial charge in [-0.25, -0.2) is 0 Å². The molecule has 0 atom stereocenters. The van der Waals surface area contributed by atoms with Crippen molar-refractivity contribution in [3.05, 3.63) is 79.1 Å². The molecule has 0 spiro atoms. The van der Waals surface area contributed by atoms with Crippen LogP contribution in [0.5, 0.6) is 0 Å². The summed E-state index contributed by atoms with van der Waals surface area (Å²) in [5, 5.41) is 0. The van der Waals surface area contributed by atoms with Crippen LogP contribution in [0.1, 0.15) is 26.3 Å². The highest BCUT2D eigenvalue weighted by Gasteiger charge is 2.11. The molecule has 22 heavy (non-hydrogen) atoms. The topological polar surface area (TPSA) is 38.7 Å². The molecule has 3 nitrogen and oxygen atoms in total. The first kappa shape index (κ1) is 15.8. The van der Waals surface area contributed by atoms with Crippen LogP contribution < -0.4 is 0 Å². The van der Waals surface area contributed by atoms with Crippen LogP contribution in [-0.2, 0) is 5.41 Å². The molecule has 0 aliphatic carbocycles. The molecule has 0 saturated heterocycles. The summed E-state index contributed by atoms with van der Waals surface area (Å²) < 4.78 is 0. The van der Waals surface area contributed by atoms with Crippen molar-refractivity contribution in [2.24, 2.45) is 0 Å². The molecule has 0 bridgehead atoms. The Kier molecular flexibility index (Phi) is 5.37. The van der Waals surface area contributed by atoms with E-state index in [0.29, 0.717) is 0 Å². The molecule has 0 amide bonds. The normalized spacial score (nSPS) is 10.5. The highest BCUT2D eigenvalue weighted by molar-refractivity contribution is 5.61. The Morgan fingerprint density at radius 1 is 0.545 bits per heavy atom. The average molecular weight is 291 g/mol. The molecule has 3 heterocycles. The molecule has 3 heteroatoms.